The molecule has 0 bridgehead atoms. The molecule has 2 N–H and O–H groups in total. The molecule has 0 amide bonds. The quantitative estimate of drug-likeness (QED) is 0.772. The lowest BCUT2D eigenvalue weighted by Gasteiger charge is -2.17. The molecule has 1 aliphatic heterocycles. The first kappa shape index (κ1) is 11.5. The Morgan fingerprint density at radius 2 is 2.19 bits per heavy atom. The number of fused-ring (bicyclic) bond motifs is 1. The first-order chi connectivity index (χ1) is 7.83. The monoisotopic (exact) mass is 219 g/mol. The molecule has 2 rings (SSSR count). The number of benzene rings is 1. The molecule has 1 aliphatic rings. The average molecular weight is 219 g/mol. The van der Waals surface area contributed by atoms with Crippen molar-refractivity contribution in [1.29, 1.82) is 0 Å². The fourth-order valence-electron chi connectivity index (χ4n) is 2.37. The second-order valence-electron chi connectivity index (χ2n) is 4.61. The molecule has 2 nitrogen and oxygen atoms in total. The molecule has 0 spiro atoms. The zero-order chi connectivity index (χ0) is 11.4. The number of unbranched alkanes of at least 4 members (excludes halogenated alkanes) is 2. The molecule has 0 radical (unpaired) electrons. The van der Waals surface area contributed by atoms with Crippen LogP contribution < -0.4 is 10.5 Å². The molecule has 2 heteroatoms. The van der Waals surface area contributed by atoms with Gasteiger partial charge in [-0.3, -0.25) is 0 Å². The Bertz CT molecular complexity index is 337. The van der Waals surface area contributed by atoms with Crippen molar-refractivity contribution in [3.63, 3.8) is 0 Å². The average Bonchev–Trinajstić information content (AvgIpc) is 2.73. The number of para-hydroxylation sites is 1. The minimum Gasteiger partial charge on any atom is -0.493 e. The molecule has 16 heavy (non-hydrogen) atoms. The molecule has 2 atom stereocenters. The lowest BCUT2D eigenvalue weighted by atomic mass is 9.90. The Morgan fingerprint density at radius 3 is 3.00 bits per heavy atom. The van der Waals surface area contributed by atoms with Crippen LogP contribution in [0.2, 0.25) is 0 Å². The maximum Gasteiger partial charge on any atom is 0.122 e. The van der Waals surface area contributed by atoms with E-state index in [9.17, 15) is 0 Å². The number of ether oxygens (including phenoxy) is 1. The predicted molar refractivity (Wildman–Crippen MR) is 66.8 cm³/mol. The molecule has 88 valence electrons. The van der Waals surface area contributed by atoms with Crippen molar-refractivity contribution in [1.82, 2.24) is 0 Å². The van der Waals surface area contributed by atoms with Gasteiger partial charge >= 0.3 is 0 Å². The normalized spacial score (nSPS) is 20.2. The lowest BCUT2D eigenvalue weighted by molar-refractivity contribution is 0.308. The summed E-state index contributed by atoms with van der Waals surface area (Å²) in [5, 5.41) is 0. The summed E-state index contributed by atoms with van der Waals surface area (Å²) in [4.78, 5) is 0. The Kier molecular flexibility index (Phi) is 3.83. The van der Waals surface area contributed by atoms with Crippen molar-refractivity contribution >= 4 is 0 Å². The van der Waals surface area contributed by atoms with Crippen molar-refractivity contribution in [3.05, 3.63) is 29.8 Å². The third-order valence-electron chi connectivity index (χ3n) is 3.39. The van der Waals surface area contributed by atoms with Gasteiger partial charge in [-0.05, 0) is 12.5 Å². The fourth-order valence-corrected chi connectivity index (χ4v) is 2.37. The van der Waals surface area contributed by atoms with Crippen molar-refractivity contribution in [2.24, 2.45) is 5.73 Å². The molecular weight excluding hydrogens is 198 g/mol. The van der Waals surface area contributed by atoms with E-state index in [1.807, 2.05) is 12.1 Å². The number of hydrogen-bond acceptors (Lipinski definition) is 2. The van der Waals surface area contributed by atoms with Crippen LogP contribution in [0, 0.1) is 0 Å². The molecule has 1 aromatic carbocycles. The summed E-state index contributed by atoms with van der Waals surface area (Å²) < 4.78 is 5.66. The van der Waals surface area contributed by atoms with E-state index < -0.39 is 0 Å². The Hall–Kier alpha value is -1.02. The van der Waals surface area contributed by atoms with E-state index in [0.717, 1.165) is 18.8 Å². The summed E-state index contributed by atoms with van der Waals surface area (Å²) in [6, 6.07) is 8.51. The van der Waals surface area contributed by atoms with E-state index in [-0.39, 0.29) is 6.04 Å². The summed E-state index contributed by atoms with van der Waals surface area (Å²) in [5.41, 5.74) is 7.55. The smallest absolute Gasteiger partial charge is 0.122 e. The van der Waals surface area contributed by atoms with Crippen LogP contribution in [0.1, 0.15) is 44.1 Å². The minimum absolute atomic E-state index is 0.246. The largest absolute Gasteiger partial charge is 0.493 e. The Balaban J connectivity index is 1.96. The van der Waals surface area contributed by atoms with Gasteiger partial charge in [0, 0.05) is 17.5 Å². The summed E-state index contributed by atoms with van der Waals surface area (Å²) in [5.74, 6) is 1.42. The van der Waals surface area contributed by atoms with Gasteiger partial charge in [0.2, 0.25) is 0 Å². The van der Waals surface area contributed by atoms with Crippen LogP contribution in [0.3, 0.4) is 0 Å². The number of hydrogen-bond donors (Lipinski definition) is 1. The molecule has 0 aliphatic carbocycles. The van der Waals surface area contributed by atoms with Gasteiger partial charge in [0.25, 0.3) is 0 Å². The van der Waals surface area contributed by atoms with Crippen LogP contribution >= 0.6 is 0 Å². The molecule has 0 saturated carbocycles. The van der Waals surface area contributed by atoms with Gasteiger partial charge < -0.3 is 10.5 Å². The highest BCUT2D eigenvalue weighted by molar-refractivity contribution is 5.40. The van der Waals surface area contributed by atoms with Gasteiger partial charge in [-0.15, -0.1) is 0 Å². The Morgan fingerprint density at radius 1 is 1.38 bits per heavy atom. The summed E-state index contributed by atoms with van der Waals surface area (Å²) in [6.07, 6.45) is 4.87. The minimum atomic E-state index is 0.246. The van der Waals surface area contributed by atoms with Gasteiger partial charge in [-0.2, -0.15) is 0 Å². The van der Waals surface area contributed by atoms with Crippen LogP contribution in [0.25, 0.3) is 0 Å². The number of nitrogens with two attached hydrogens (primary N) is 1. The van der Waals surface area contributed by atoms with E-state index in [4.69, 9.17) is 10.5 Å². The second kappa shape index (κ2) is 5.35. The highest BCUT2D eigenvalue weighted by Gasteiger charge is 2.28. The van der Waals surface area contributed by atoms with Gasteiger partial charge in [0.05, 0.1) is 6.61 Å². The summed E-state index contributed by atoms with van der Waals surface area (Å²) in [7, 11) is 0. The van der Waals surface area contributed by atoms with E-state index in [1.54, 1.807) is 0 Å². The van der Waals surface area contributed by atoms with Gasteiger partial charge in [-0.1, -0.05) is 44.4 Å². The maximum atomic E-state index is 6.25. The lowest BCUT2D eigenvalue weighted by Crippen LogP contribution is -2.29. The predicted octanol–water partition coefficient (Wildman–Crippen LogP) is 3.07. The second-order valence-corrected chi connectivity index (χ2v) is 4.61. The van der Waals surface area contributed by atoms with Crippen LogP contribution in [0.5, 0.6) is 5.75 Å². The van der Waals surface area contributed by atoms with E-state index in [1.165, 1.54) is 24.8 Å². The zero-order valence-electron chi connectivity index (χ0n) is 9.99. The van der Waals surface area contributed by atoms with E-state index in [2.05, 4.69) is 19.1 Å². The SMILES string of the molecule is CCCCCC(N)C1COc2ccccc21. The van der Waals surface area contributed by atoms with Crippen molar-refractivity contribution < 1.29 is 4.74 Å². The van der Waals surface area contributed by atoms with Gasteiger partial charge in [0.1, 0.15) is 5.75 Å². The topological polar surface area (TPSA) is 35.2 Å². The van der Waals surface area contributed by atoms with Gasteiger partial charge in [0.15, 0.2) is 0 Å². The standard InChI is InChI=1S/C14H21NO/c1-2-3-4-8-13(15)12-10-16-14-9-6-5-7-11(12)14/h5-7,9,12-13H,2-4,8,10,15H2,1H3. The molecule has 0 aromatic heterocycles. The van der Waals surface area contributed by atoms with E-state index in [0.29, 0.717) is 5.92 Å². The molecular formula is C14H21NO. The molecule has 0 saturated heterocycles. The molecule has 0 fully saturated rings. The Labute approximate surface area is 97.8 Å². The third-order valence-corrected chi connectivity index (χ3v) is 3.39. The number of rotatable bonds is 5. The first-order valence-electron chi connectivity index (χ1n) is 6.30. The molecule has 1 heterocycles. The van der Waals surface area contributed by atoms with Crippen LogP contribution in [0.4, 0.5) is 0 Å². The fraction of sp³-hybridized carbons (Fsp3) is 0.571. The van der Waals surface area contributed by atoms with Crippen LogP contribution in [0.15, 0.2) is 24.3 Å². The van der Waals surface area contributed by atoms with Crippen molar-refractivity contribution in [2.45, 2.75) is 44.6 Å². The first-order valence-corrected chi connectivity index (χ1v) is 6.30. The summed E-state index contributed by atoms with van der Waals surface area (Å²) in [6.45, 7) is 2.98. The van der Waals surface area contributed by atoms with Gasteiger partial charge in [-0.25, -0.2) is 0 Å². The van der Waals surface area contributed by atoms with Crippen molar-refractivity contribution in [3.8, 4) is 5.75 Å². The van der Waals surface area contributed by atoms with E-state index >= 15 is 0 Å². The summed E-state index contributed by atoms with van der Waals surface area (Å²) >= 11 is 0. The third kappa shape index (κ3) is 2.38. The zero-order valence-corrected chi connectivity index (χ0v) is 9.99. The maximum absolute atomic E-state index is 6.25. The molecule has 2 unspecified atom stereocenters. The highest BCUT2D eigenvalue weighted by Crippen LogP contribution is 2.35. The highest BCUT2D eigenvalue weighted by atomic mass is 16.5. The van der Waals surface area contributed by atoms with Crippen LogP contribution in [-0.2, 0) is 0 Å². The van der Waals surface area contributed by atoms with Crippen molar-refractivity contribution in [2.75, 3.05) is 6.61 Å². The van der Waals surface area contributed by atoms with Crippen LogP contribution in [-0.4, -0.2) is 12.6 Å². The molecule has 1 aromatic rings.